The highest BCUT2D eigenvalue weighted by atomic mass is 16.2. The first-order valence-corrected chi connectivity index (χ1v) is 12.3. The Labute approximate surface area is 199 Å². The predicted molar refractivity (Wildman–Crippen MR) is 137 cm³/mol. The van der Waals surface area contributed by atoms with Gasteiger partial charge < -0.3 is 5.32 Å². The number of benzene rings is 1. The van der Waals surface area contributed by atoms with Crippen LogP contribution in [0.5, 0.6) is 0 Å². The van der Waals surface area contributed by atoms with Crippen LogP contribution in [0.1, 0.15) is 56.6 Å². The van der Waals surface area contributed by atoms with Gasteiger partial charge in [0.2, 0.25) is 5.95 Å². The van der Waals surface area contributed by atoms with E-state index in [-0.39, 0.29) is 11.2 Å². The van der Waals surface area contributed by atoms with Crippen LogP contribution < -0.4 is 16.6 Å². The van der Waals surface area contributed by atoms with Crippen LogP contribution in [0, 0.1) is 5.92 Å². The van der Waals surface area contributed by atoms with Gasteiger partial charge in [-0.3, -0.25) is 18.5 Å². The van der Waals surface area contributed by atoms with E-state index in [9.17, 15) is 9.59 Å². The monoisotopic (exact) mass is 459 g/mol. The first-order chi connectivity index (χ1) is 16.4. The largest absolute Gasteiger partial charge is 0.353 e. The van der Waals surface area contributed by atoms with Crippen molar-refractivity contribution >= 4 is 22.7 Å². The Balaban J connectivity index is 1.65. The molecular formula is C27H33N5O2. The van der Waals surface area contributed by atoms with E-state index >= 15 is 0 Å². The number of fused-ring (bicyclic) bond motifs is 1. The summed E-state index contributed by atoms with van der Waals surface area (Å²) in [4.78, 5) is 30.7. The van der Waals surface area contributed by atoms with Gasteiger partial charge >= 0.3 is 5.69 Å². The zero-order valence-electron chi connectivity index (χ0n) is 20.3. The molecule has 0 saturated heterocycles. The van der Waals surface area contributed by atoms with Crippen molar-refractivity contribution in [2.45, 2.75) is 58.0 Å². The van der Waals surface area contributed by atoms with Crippen molar-refractivity contribution in [3.8, 4) is 0 Å². The van der Waals surface area contributed by atoms with Crippen molar-refractivity contribution < 1.29 is 0 Å². The Morgan fingerprint density at radius 3 is 2.59 bits per heavy atom. The molecule has 0 radical (unpaired) electrons. The number of hydrogen-bond acceptors (Lipinski definition) is 4. The molecule has 3 aromatic rings. The van der Waals surface area contributed by atoms with Crippen LogP contribution in [0.4, 0.5) is 5.95 Å². The summed E-state index contributed by atoms with van der Waals surface area (Å²) >= 11 is 0. The van der Waals surface area contributed by atoms with Crippen molar-refractivity contribution in [2.24, 2.45) is 20.0 Å². The molecule has 2 aliphatic carbocycles. The normalized spacial score (nSPS) is 18.9. The molecule has 7 heteroatoms. The molecule has 0 aliphatic heterocycles. The Morgan fingerprint density at radius 1 is 1.06 bits per heavy atom. The predicted octanol–water partition coefficient (Wildman–Crippen LogP) is 4.21. The Bertz CT molecular complexity index is 1400. The number of rotatable bonds is 5. The van der Waals surface area contributed by atoms with Crippen LogP contribution in [0.25, 0.3) is 16.7 Å². The summed E-state index contributed by atoms with van der Waals surface area (Å²) in [6.45, 7) is 2.73. The standard InChI is InChI=1S/C27H33N5O2/c1-18-10-9-12-19(16-18)22-15-8-7-11-20(22)17-32-23-24(30(2)27(34)31(3)25(23)33)29-26(32)28-21-13-5-4-6-14-21/h7-12,15,18,21H,4-6,13-14,16-17H2,1-3H3,(H,28,29). The molecule has 0 bridgehead atoms. The number of nitrogens with zero attached hydrogens (tertiary/aromatic N) is 4. The molecule has 34 heavy (non-hydrogen) atoms. The van der Waals surface area contributed by atoms with Gasteiger partial charge in [-0.25, -0.2) is 4.79 Å². The topological polar surface area (TPSA) is 73.8 Å². The van der Waals surface area contributed by atoms with Crippen LogP contribution in [-0.2, 0) is 20.6 Å². The summed E-state index contributed by atoms with van der Waals surface area (Å²) in [5.41, 5.74) is 3.86. The molecule has 178 valence electrons. The minimum absolute atomic E-state index is 0.312. The lowest BCUT2D eigenvalue weighted by molar-refractivity contribution is 0.459. The fraction of sp³-hybridized carbons (Fsp3) is 0.444. The number of hydrogen-bond donors (Lipinski definition) is 1. The van der Waals surface area contributed by atoms with Crippen LogP contribution in [-0.4, -0.2) is 24.7 Å². The molecule has 0 spiro atoms. The summed E-state index contributed by atoms with van der Waals surface area (Å²) in [5, 5.41) is 3.62. The number of aromatic nitrogens is 4. The molecule has 2 aromatic heterocycles. The molecule has 2 aliphatic rings. The highest BCUT2D eigenvalue weighted by molar-refractivity contribution is 5.75. The second-order valence-corrected chi connectivity index (χ2v) is 9.79. The lowest BCUT2D eigenvalue weighted by Crippen LogP contribution is -2.37. The van der Waals surface area contributed by atoms with Crippen LogP contribution in [0.15, 0.2) is 52.1 Å². The van der Waals surface area contributed by atoms with E-state index in [2.05, 4.69) is 48.7 Å². The lowest BCUT2D eigenvalue weighted by atomic mass is 9.89. The molecule has 1 fully saturated rings. The Kier molecular flexibility index (Phi) is 6.02. The summed E-state index contributed by atoms with van der Waals surface area (Å²) in [6.07, 6.45) is 13.4. The van der Waals surface area contributed by atoms with E-state index < -0.39 is 0 Å². The van der Waals surface area contributed by atoms with E-state index in [1.807, 2.05) is 10.6 Å². The molecule has 0 amide bonds. The fourth-order valence-electron chi connectivity index (χ4n) is 5.33. The van der Waals surface area contributed by atoms with Gasteiger partial charge in [0.1, 0.15) is 0 Å². The molecule has 1 atom stereocenters. The molecule has 2 heterocycles. The van der Waals surface area contributed by atoms with Crippen molar-refractivity contribution in [2.75, 3.05) is 5.32 Å². The lowest BCUT2D eigenvalue weighted by Gasteiger charge is -2.24. The van der Waals surface area contributed by atoms with Gasteiger partial charge in [-0.2, -0.15) is 4.98 Å². The maximum Gasteiger partial charge on any atom is 0.332 e. The minimum atomic E-state index is -0.361. The van der Waals surface area contributed by atoms with Gasteiger partial charge in [0.15, 0.2) is 11.2 Å². The molecule has 1 saturated carbocycles. The second-order valence-electron chi connectivity index (χ2n) is 9.79. The van der Waals surface area contributed by atoms with E-state index in [4.69, 9.17) is 4.98 Å². The third kappa shape index (κ3) is 4.04. The molecule has 7 nitrogen and oxygen atoms in total. The average Bonchev–Trinajstić information content (AvgIpc) is 3.20. The molecule has 1 aromatic carbocycles. The fourth-order valence-corrected chi connectivity index (χ4v) is 5.33. The van der Waals surface area contributed by atoms with Crippen molar-refractivity contribution in [1.82, 2.24) is 18.7 Å². The second kappa shape index (κ2) is 9.12. The van der Waals surface area contributed by atoms with Gasteiger partial charge in [0.05, 0.1) is 6.54 Å². The zero-order valence-corrected chi connectivity index (χ0v) is 20.3. The Hall–Kier alpha value is -3.35. The number of allylic oxidation sites excluding steroid dienone is 4. The van der Waals surface area contributed by atoms with Crippen LogP contribution >= 0.6 is 0 Å². The van der Waals surface area contributed by atoms with E-state index in [0.29, 0.717) is 35.6 Å². The quantitative estimate of drug-likeness (QED) is 0.620. The highest BCUT2D eigenvalue weighted by Crippen LogP contribution is 2.31. The minimum Gasteiger partial charge on any atom is -0.353 e. The van der Waals surface area contributed by atoms with Crippen molar-refractivity contribution in [3.63, 3.8) is 0 Å². The van der Waals surface area contributed by atoms with Gasteiger partial charge in [0, 0.05) is 20.1 Å². The first kappa shape index (κ1) is 22.4. The smallest absolute Gasteiger partial charge is 0.332 e. The number of aryl methyl sites for hydroxylation is 1. The summed E-state index contributed by atoms with van der Waals surface area (Å²) in [7, 11) is 3.21. The van der Waals surface area contributed by atoms with Gasteiger partial charge in [-0.15, -0.1) is 0 Å². The van der Waals surface area contributed by atoms with Crippen molar-refractivity contribution in [1.29, 1.82) is 0 Å². The number of imidazole rings is 1. The Morgan fingerprint density at radius 2 is 1.82 bits per heavy atom. The van der Waals surface area contributed by atoms with Gasteiger partial charge in [-0.1, -0.05) is 68.7 Å². The first-order valence-electron chi connectivity index (χ1n) is 12.3. The van der Waals surface area contributed by atoms with Crippen molar-refractivity contribution in [3.05, 3.63) is 74.5 Å². The number of anilines is 1. The summed E-state index contributed by atoms with van der Waals surface area (Å²) in [6, 6.07) is 8.73. The third-order valence-electron chi connectivity index (χ3n) is 7.26. The maximum absolute atomic E-state index is 13.3. The summed E-state index contributed by atoms with van der Waals surface area (Å²) < 4.78 is 4.63. The highest BCUT2D eigenvalue weighted by Gasteiger charge is 2.23. The molecule has 5 rings (SSSR count). The summed E-state index contributed by atoms with van der Waals surface area (Å²) in [5.74, 6) is 1.16. The van der Waals surface area contributed by atoms with Crippen LogP contribution in [0.3, 0.4) is 0 Å². The number of nitrogens with one attached hydrogen (secondary N) is 1. The molecule has 1 unspecified atom stereocenters. The zero-order chi connectivity index (χ0) is 23.8. The average molecular weight is 460 g/mol. The van der Waals surface area contributed by atoms with E-state index in [0.717, 1.165) is 24.8 Å². The van der Waals surface area contributed by atoms with Gasteiger partial charge in [-0.05, 0) is 41.9 Å². The molecule has 1 N–H and O–H groups in total. The maximum atomic E-state index is 13.3. The van der Waals surface area contributed by atoms with E-state index in [1.54, 1.807) is 7.05 Å². The van der Waals surface area contributed by atoms with Gasteiger partial charge in [0.25, 0.3) is 5.56 Å². The third-order valence-corrected chi connectivity index (χ3v) is 7.26. The SMILES string of the molecule is CC1C=CC=C(c2ccccc2Cn2c(NC3CCCCC3)nc3c2c(=O)n(C)c(=O)n3C)C1. The van der Waals surface area contributed by atoms with E-state index in [1.165, 1.54) is 46.6 Å². The van der Waals surface area contributed by atoms with Crippen LogP contribution in [0.2, 0.25) is 0 Å². The molecular weight excluding hydrogens is 426 g/mol.